The second-order valence-corrected chi connectivity index (χ2v) is 9.13. The molecule has 176 valence electrons. The van der Waals surface area contributed by atoms with Crippen molar-refractivity contribution in [2.45, 2.75) is 65.0 Å². The zero-order valence-electron chi connectivity index (χ0n) is 20.1. The highest BCUT2D eigenvalue weighted by atomic mass is 16.5. The summed E-state index contributed by atoms with van der Waals surface area (Å²) in [5.41, 5.74) is 2.02. The van der Waals surface area contributed by atoms with Crippen LogP contribution in [0.3, 0.4) is 0 Å². The normalized spacial score (nSPS) is 18.6. The highest BCUT2D eigenvalue weighted by molar-refractivity contribution is 6.04. The second kappa shape index (κ2) is 9.37. The molecule has 1 fully saturated rings. The number of rotatable bonds is 7. The van der Waals surface area contributed by atoms with Crippen LogP contribution in [-0.2, 0) is 4.79 Å². The lowest BCUT2D eigenvalue weighted by Gasteiger charge is -2.43. The van der Waals surface area contributed by atoms with Crippen LogP contribution in [0, 0.1) is 5.92 Å². The van der Waals surface area contributed by atoms with E-state index in [2.05, 4.69) is 22.1 Å². The minimum absolute atomic E-state index is 0.0652. The van der Waals surface area contributed by atoms with E-state index in [1.807, 2.05) is 19.9 Å². The summed E-state index contributed by atoms with van der Waals surface area (Å²) >= 11 is 0. The van der Waals surface area contributed by atoms with Crippen LogP contribution < -0.4 is 19.9 Å². The average Bonchev–Trinajstić information content (AvgIpc) is 3.35. The van der Waals surface area contributed by atoms with Crippen LogP contribution in [0.5, 0.6) is 5.75 Å². The van der Waals surface area contributed by atoms with Crippen molar-refractivity contribution in [1.29, 1.82) is 0 Å². The fourth-order valence-electron chi connectivity index (χ4n) is 4.84. The van der Waals surface area contributed by atoms with Crippen LogP contribution in [0.15, 0.2) is 24.4 Å². The Hall–Kier alpha value is -3.16. The third kappa shape index (κ3) is 4.26. The molecule has 8 nitrogen and oxygen atoms in total. The Bertz CT molecular complexity index is 1050. The fourth-order valence-corrected chi connectivity index (χ4v) is 4.84. The average molecular weight is 452 g/mol. The van der Waals surface area contributed by atoms with Crippen molar-refractivity contribution in [3.8, 4) is 5.75 Å². The molecular weight excluding hydrogens is 418 g/mol. The molecule has 0 spiro atoms. The van der Waals surface area contributed by atoms with E-state index in [1.54, 1.807) is 37.4 Å². The maximum Gasteiger partial charge on any atom is 0.249 e. The predicted molar refractivity (Wildman–Crippen MR) is 130 cm³/mol. The van der Waals surface area contributed by atoms with E-state index in [9.17, 15) is 9.59 Å². The minimum atomic E-state index is -0.218. The molecule has 0 bridgehead atoms. The molecule has 1 aliphatic carbocycles. The summed E-state index contributed by atoms with van der Waals surface area (Å²) in [7, 11) is 3.37. The number of likely N-dealkylation sites (N-methyl/N-ethyl adjacent to an activating group) is 1. The molecule has 1 aromatic carbocycles. The number of methoxy groups -OCH3 is 1. The number of ether oxygens (including phenoxy) is 1. The van der Waals surface area contributed by atoms with Gasteiger partial charge in [0.1, 0.15) is 17.5 Å². The number of carbonyl (C=O) groups excluding carboxylic acids is 2. The smallest absolute Gasteiger partial charge is 0.249 e. The molecule has 0 saturated heterocycles. The number of hydrogen-bond acceptors (Lipinski definition) is 7. The molecule has 1 N–H and O–H groups in total. The monoisotopic (exact) mass is 451 g/mol. The number of Topliss-reactive ketones (excluding diaryl/α,β-unsaturated/α-hetero) is 1. The topological polar surface area (TPSA) is 87.7 Å². The number of amides is 1. The Balaban J connectivity index is 1.70. The van der Waals surface area contributed by atoms with Crippen molar-refractivity contribution in [1.82, 2.24) is 9.97 Å². The number of fused-ring (bicyclic) bond motifs is 1. The molecule has 1 atom stereocenters. The van der Waals surface area contributed by atoms with Crippen LogP contribution in [0.25, 0.3) is 0 Å². The van der Waals surface area contributed by atoms with Crippen LogP contribution in [0.2, 0.25) is 0 Å². The van der Waals surface area contributed by atoms with Gasteiger partial charge in [0.05, 0.1) is 19.0 Å². The molecular formula is C25H33N5O3. The highest BCUT2D eigenvalue weighted by Gasteiger charge is 2.41. The number of aromatic nitrogens is 2. The van der Waals surface area contributed by atoms with Gasteiger partial charge in [-0.15, -0.1) is 0 Å². The minimum Gasteiger partial charge on any atom is -0.495 e. The molecule has 2 aliphatic rings. The first-order chi connectivity index (χ1) is 15.8. The molecule has 8 heteroatoms. The third-order valence-corrected chi connectivity index (χ3v) is 6.67. The first-order valence-corrected chi connectivity index (χ1v) is 11.8. The molecule has 2 heterocycles. The van der Waals surface area contributed by atoms with Gasteiger partial charge in [0.25, 0.3) is 0 Å². The summed E-state index contributed by atoms with van der Waals surface area (Å²) in [5.74, 6) is 1.83. The summed E-state index contributed by atoms with van der Waals surface area (Å²) in [5, 5.41) is 3.25. The molecule has 4 rings (SSSR count). The first-order valence-electron chi connectivity index (χ1n) is 11.8. The van der Waals surface area contributed by atoms with Gasteiger partial charge in [-0.1, -0.05) is 33.6 Å². The molecule has 33 heavy (non-hydrogen) atoms. The maximum absolute atomic E-state index is 13.0. The van der Waals surface area contributed by atoms with Crippen LogP contribution in [-0.4, -0.2) is 47.9 Å². The Kier molecular flexibility index (Phi) is 6.54. The molecule has 1 aromatic heterocycles. The van der Waals surface area contributed by atoms with Crippen molar-refractivity contribution >= 4 is 34.8 Å². The van der Waals surface area contributed by atoms with Crippen molar-refractivity contribution in [2.24, 2.45) is 5.92 Å². The molecule has 1 amide bonds. The number of carbonyl (C=O) groups is 2. The number of hydrogen-bond donors (Lipinski definition) is 1. The Morgan fingerprint density at radius 1 is 1.27 bits per heavy atom. The lowest BCUT2D eigenvalue weighted by molar-refractivity contribution is -0.120. The van der Waals surface area contributed by atoms with E-state index in [-0.39, 0.29) is 23.7 Å². The van der Waals surface area contributed by atoms with E-state index in [0.717, 1.165) is 30.8 Å². The lowest BCUT2D eigenvalue weighted by Crippen LogP contribution is -2.55. The number of ketones is 1. The van der Waals surface area contributed by atoms with Crippen molar-refractivity contribution in [3.05, 3.63) is 30.0 Å². The van der Waals surface area contributed by atoms with E-state index < -0.39 is 0 Å². The number of benzene rings is 1. The highest BCUT2D eigenvalue weighted by Crippen LogP contribution is 2.40. The predicted octanol–water partition coefficient (Wildman–Crippen LogP) is 4.57. The van der Waals surface area contributed by atoms with Gasteiger partial charge in [-0.25, -0.2) is 4.98 Å². The Morgan fingerprint density at radius 2 is 2.00 bits per heavy atom. The Morgan fingerprint density at radius 3 is 2.64 bits per heavy atom. The van der Waals surface area contributed by atoms with Gasteiger partial charge < -0.3 is 19.9 Å². The zero-order valence-corrected chi connectivity index (χ0v) is 20.1. The van der Waals surface area contributed by atoms with Crippen LogP contribution in [0.1, 0.15) is 63.2 Å². The van der Waals surface area contributed by atoms with E-state index in [4.69, 9.17) is 9.72 Å². The third-order valence-electron chi connectivity index (χ3n) is 6.67. The van der Waals surface area contributed by atoms with Gasteiger partial charge in [-0.05, 0) is 37.5 Å². The fraction of sp³-hybridized carbons (Fsp3) is 0.520. The first kappa shape index (κ1) is 23.0. The van der Waals surface area contributed by atoms with Gasteiger partial charge in [0.2, 0.25) is 11.9 Å². The molecule has 1 saturated carbocycles. The van der Waals surface area contributed by atoms with E-state index in [1.165, 1.54) is 12.8 Å². The van der Waals surface area contributed by atoms with Crippen molar-refractivity contribution < 1.29 is 14.3 Å². The Labute approximate surface area is 195 Å². The van der Waals surface area contributed by atoms with Crippen LogP contribution >= 0.6 is 0 Å². The number of nitrogens with zero attached hydrogens (tertiary/aromatic N) is 4. The largest absolute Gasteiger partial charge is 0.495 e. The van der Waals surface area contributed by atoms with Gasteiger partial charge in [-0.2, -0.15) is 4.98 Å². The number of anilines is 4. The lowest BCUT2D eigenvalue weighted by atomic mass is 10.0. The van der Waals surface area contributed by atoms with Gasteiger partial charge in [-0.3, -0.25) is 9.59 Å². The SMILES string of the molecule is CC[C@@H]1C(=O)N(C)c2cnc(Nc3ccc(C(=O)C(C)C)cc3OC)nc2N1C1CCCC1. The molecule has 0 unspecified atom stereocenters. The summed E-state index contributed by atoms with van der Waals surface area (Å²) in [6.07, 6.45) is 6.92. The van der Waals surface area contributed by atoms with Gasteiger partial charge in [0, 0.05) is 24.6 Å². The standard InChI is InChI=1S/C25H33N5O3/c1-6-19-24(32)29(4)20-14-26-25(28-23(20)30(19)17-9-7-8-10-17)27-18-12-11-16(13-21(18)33-5)22(31)15(2)3/h11-15,17,19H,6-10H2,1-5H3,(H,26,27,28)/t19-/m1/s1. The van der Waals surface area contributed by atoms with E-state index >= 15 is 0 Å². The quantitative estimate of drug-likeness (QED) is 0.617. The van der Waals surface area contributed by atoms with Crippen molar-refractivity contribution in [3.63, 3.8) is 0 Å². The number of nitrogens with one attached hydrogen (secondary N) is 1. The van der Waals surface area contributed by atoms with Crippen LogP contribution in [0.4, 0.5) is 23.1 Å². The van der Waals surface area contributed by atoms with Gasteiger partial charge in [0.15, 0.2) is 11.6 Å². The summed E-state index contributed by atoms with van der Waals surface area (Å²) in [4.78, 5) is 38.7. The molecule has 2 aromatic rings. The van der Waals surface area contributed by atoms with Gasteiger partial charge >= 0.3 is 0 Å². The van der Waals surface area contributed by atoms with E-state index in [0.29, 0.717) is 29.0 Å². The second-order valence-electron chi connectivity index (χ2n) is 9.13. The zero-order chi connectivity index (χ0) is 23.7. The molecule has 0 radical (unpaired) electrons. The maximum atomic E-state index is 13.0. The summed E-state index contributed by atoms with van der Waals surface area (Å²) < 4.78 is 5.54. The summed E-state index contributed by atoms with van der Waals surface area (Å²) in [6.45, 7) is 5.81. The van der Waals surface area contributed by atoms with Crippen molar-refractivity contribution in [2.75, 3.05) is 29.3 Å². The molecule has 1 aliphatic heterocycles. The summed E-state index contributed by atoms with van der Waals surface area (Å²) in [6, 6.07) is 5.44.